The fourth-order valence-electron chi connectivity index (χ4n) is 3.32. The molecule has 1 aliphatic rings. The number of nitrogens with zero attached hydrogens (tertiary/aromatic N) is 2. The zero-order valence-corrected chi connectivity index (χ0v) is 18.3. The number of sulfonamides is 1. The third-order valence-electron chi connectivity index (χ3n) is 4.60. The van der Waals surface area contributed by atoms with E-state index in [0.717, 1.165) is 11.4 Å². The molecule has 0 spiro atoms. The fraction of sp³-hybridized carbons (Fsp3) is 0.500. The van der Waals surface area contributed by atoms with Gasteiger partial charge in [-0.1, -0.05) is 30.3 Å². The molecule has 0 radical (unpaired) electrons. The van der Waals surface area contributed by atoms with Crippen LogP contribution < -0.4 is 5.32 Å². The predicted molar refractivity (Wildman–Crippen MR) is 113 cm³/mol. The number of rotatable bonds is 8. The Kier molecular flexibility index (Phi) is 7.39. The molecule has 2 atom stereocenters. The molecule has 1 aromatic carbocycles. The van der Waals surface area contributed by atoms with Crippen LogP contribution in [0, 0.1) is 0 Å². The second-order valence-corrected chi connectivity index (χ2v) is 10.3. The largest absolute Gasteiger partial charge is 0.373 e. The summed E-state index contributed by atoms with van der Waals surface area (Å²) < 4.78 is 32.0. The normalized spacial score (nSPS) is 20.5. The van der Waals surface area contributed by atoms with Crippen LogP contribution in [0.15, 0.2) is 35.7 Å². The Bertz CT molecular complexity index is 905. The molecule has 0 aliphatic carbocycles. The van der Waals surface area contributed by atoms with Crippen molar-refractivity contribution >= 4 is 27.3 Å². The number of amides is 1. The van der Waals surface area contributed by atoms with Gasteiger partial charge in [-0.05, 0) is 19.4 Å². The molecule has 7 nitrogen and oxygen atoms in total. The van der Waals surface area contributed by atoms with Gasteiger partial charge < -0.3 is 10.1 Å². The lowest BCUT2D eigenvalue weighted by molar-refractivity contribution is -0.120. The number of hydrogen-bond acceptors (Lipinski definition) is 6. The smallest absolute Gasteiger partial charge is 0.226 e. The first-order valence-electron chi connectivity index (χ1n) is 9.69. The maximum atomic E-state index is 12.5. The topological polar surface area (TPSA) is 88.6 Å². The van der Waals surface area contributed by atoms with Gasteiger partial charge in [0.25, 0.3) is 0 Å². The molecular weight excluding hydrogens is 410 g/mol. The average molecular weight is 438 g/mol. The predicted octanol–water partition coefficient (Wildman–Crippen LogP) is 1.83. The van der Waals surface area contributed by atoms with Crippen LogP contribution in [0.25, 0.3) is 0 Å². The van der Waals surface area contributed by atoms with E-state index in [0.29, 0.717) is 18.8 Å². The lowest BCUT2D eigenvalue weighted by Gasteiger charge is -2.34. The summed E-state index contributed by atoms with van der Waals surface area (Å²) in [5.74, 6) is -0.338. The number of thiazole rings is 1. The Morgan fingerprint density at radius 3 is 2.62 bits per heavy atom. The van der Waals surface area contributed by atoms with Crippen LogP contribution in [0.4, 0.5) is 0 Å². The zero-order chi connectivity index (χ0) is 20.9. The molecule has 0 saturated carbocycles. The average Bonchev–Trinajstić information content (AvgIpc) is 3.08. The molecular formula is C20H27N3O4S2. The molecule has 1 amide bonds. The van der Waals surface area contributed by atoms with Crippen molar-refractivity contribution < 1.29 is 17.9 Å². The zero-order valence-electron chi connectivity index (χ0n) is 16.7. The SMILES string of the molecule is C[C@H]1CN(S(=O)(=O)CCNC(=O)Cc2csc(Cc3ccccc3)n2)C[C@H](C)O1. The summed E-state index contributed by atoms with van der Waals surface area (Å²) in [6.45, 7) is 4.51. The number of carbonyl (C=O) groups excluding carboxylic acids is 1. The second-order valence-electron chi connectivity index (χ2n) is 7.31. The molecule has 2 heterocycles. The summed E-state index contributed by atoms with van der Waals surface area (Å²) in [5.41, 5.74) is 1.88. The van der Waals surface area contributed by atoms with E-state index in [1.165, 1.54) is 21.2 Å². The number of hydrogen-bond donors (Lipinski definition) is 1. The highest BCUT2D eigenvalue weighted by Gasteiger charge is 2.30. The first-order chi connectivity index (χ1) is 13.8. The van der Waals surface area contributed by atoms with Crippen molar-refractivity contribution in [2.24, 2.45) is 0 Å². The molecule has 1 aliphatic heterocycles. The fourth-order valence-corrected chi connectivity index (χ4v) is 5.64. The molecule has 158 valence electrons. The summed E-state index contributed by atoms with van der Waals surface area (Å²) in [5, 5.41) is 5.53. The third-order valence-corrected chi connectivity index (χ3v) is 7.30. The minimum atomic E-state index is -3.42. The van der Waals surface area contributed by atoms with E-state index >= 15 is 0 Å². The number of aromatic nitrogens is 1. The number of ether oxygens (including phenoxy) is 1. The van der Waals surface area contributed by atoms with Crippen LogP contribution in [0.2, 0.25) is 0 Å². The Morgan fingerprint density at radius 2 is 1.93 bits per heavy atom. The van der Waals surface area contributed by atoms with Crippen molar-refractivity contribution in [3.05, 3.63) is 52.0 Å². The Hall–Kier alpha value is -1.81. The highest BCUT2D eigenvalue weighted by atomic mass is 32.2. The van der Waals surface area contributed by atoms with E-state index in [1.54, 1.807) is 0 Å². The number of carbonyl (C=O) groups is 1. The van der Waals surface area contributed by atoms with Crippen LogP contribution in [-0.2, 0) is 32.4 Å². The second kappa shape index (κ2) is 9.80. The van der Waals surface area contributed by atoms with Crippen molar-refractivity contribution in [3.63, 3.8) is 0 Å². The summed E-state index contributed by atoms with van der Waals surface area (Å²) in [6.07, 6.45) is 0.634. The van der Waals surface area contributed by atoms with Gasteiger partial charge in [0.2, 0.25) is 15.9 Å². The van der Waals surface area contributed by atoms with Gasteiger partial charge in [0.05, 0.1) is 35.1 Å². The van der Waals surface area contributed by atoms with E-state index in [2.05, 4.69) is 10.3 Å². The molecule has 2 aromatic rings. The maximum absolute atomic E-state index is 12.5. The number of morpholine rings is 1. The molecule has 0 unspecified atom stereocenters. The van der Waals surface area contributed by atoms with Gasteiger partial charge >= 0.3 is 0 Å². The van der Waals surface area contributed by atoms with Crippen molar-refractivity contribution in [2.75, 3.05) is 25.4 Å². The first kappa shape index (κ1) is 21.9. The summed E-state index contributed by atoms with van der Waals surface area (Å²) in [4.78, 5) is 16.7. The molecule has 29 heavy (non-hydrogen) atoms. The van der Waals surface area contributed by atoms with Gasteiger partial charge in [0.1, 0.15) is 0 Å². The molecule has 3 rings (SSSR count). The molecule has 1 saturated heterocycles. The van der Waals surface area contributed by atoms with Gasteiger partial charge in [-0.3, -0.25) is 4.79 Å². The van der Waals surface area contributed by atoms with Crippen molar-refractivity contribution in [1.29, 1.82) is 0 Å². The number of nitrogens with one attached hydrogen (secondary N) is 1. The van der Waals surface area contributed by atoms with Crippen LogP contribution in [-0.4, -0.2) is 61.2 Å². The summed E-state index contributed by atoms with van der Waals surface area (Å²) in [7, 11) is -3.42. The summed E-state index contributed by atoms with van der Waals surface area (Å²) in [6, 6.07) is 10.0. The van der Waals surface area contributed by atoms with E-state index < -0.39 is 10.0 Å². The van der Waals surface area contributed by atoms with Gasteiger partial charge in [0, 0.05) is 31.4 Å². The highest BCUT2D eigenvalue weighted by Crippen LogP contribution is 2.16. The number of benzene rings is 1. The summed E-state index contributed by atoms with van der Waals surface area (Å²) >= 11 is 1.53. The lowest BCUT2D eigenvalue weighted by Crippen LogP contribution is -2.49. The van der Waals surface area contributed by atoms with Gasteiger partial charge in [-0.15, -0.1) is 11.3 Å². The molecule has 1 fully saturated rings. The minimum absolute atomic E-state index is 0.0856. The van der Waals surface area contributed by atoms with Crippen molar-refractivity contribution in [3.8, 4) is 0 Å². The van der Waals surface area contributed by atoms with E-state index in [-0.39, 0.29) is 36.8 Å². The molecule has 1 N–H and O–H groups in total. The van der Waals surface area contributed by atoms with E-state index in [1.807, 2.05) is 49.6 Å². The third kappa shape index (κ3) is 6.60. The standard InChI is InChI=1S/C20H27N3O4S2/c1-15-12-23(13-16(2)27-15)29(25,26)9-8-21-19(24)11-18-14-28-20(22-18)10-17-6-4-3-5-7-17/h3-7,14-16H,8-13H2,1-2H3,(H,21,24)/t15-,16-/m0/s1. The quantitative estimate of drug-likeness (QED) is 0.681. The molecule has 9 heteroatoms. The monoisotopic (exact) mass is 437 g/mol. The Morgan fingerprint density at radius 1 is 1.24 bits per heavy atom. The first-order valence-corrected chi connectivity index (χ1v) is 12.2. The van der Waals surface area contributed by atoms with Crippen LogP contribution in [0.5, 0.6) is 0 Å². The van der Waals surface area contributed by atoms with Crippen LogP contribution in [0.1, 0.15) is 30.1 Å². The lowest BCUT2D eigenvalue weighted by atomic mass is 10.2. The van der Waals surface area contributed by atoms with Crippen LogP contribution >= 0.6 is 11.3 Å². The van der Waals surface area contributed by atoms with E-state index in [4.69, 9.17) is 4.74 Å². The Balaban J connectivity index is 1.44. The van der Waals surface area contributed by atoms with Crippen molar-refractivity contribution in [1.82, 2.24) is 14.6 Å². The Labute approximate surface area is 176 Å². The van der Waals surface area contributed by atoms with Crippen LogP contribution in [0.3, 0.4) is 0 Å². The van der Waals surface area contributed by atoms with Gasteiger partial charge in [-0.2, -0.15) is 4.31 Å². The van der Waals surface area contributed by atoms with Crippen molar-refractivity contribution in [2.45, 2.75) is 38.9 Å². The minimum Gasteiger partial charge on any atom is -0.373 e. The van der Waals surface area contributed by atoms with Gasteiger partial charge in [0.15, 0.2) is 0 Å². The maximum Gasteiger partial charge on any atom is 0.226 e. The highest BCUT2D eigenvalue weighted by molar-refractivity contribution is 7.89. The van der Waals surface area contributed by atoms with Gasteiger partial charge in [-0.25, -0.2) is 13.4 Å². The molecule has 0 bridgehead atoms. The molecule has 1 aromatic heterocycles. The van der Waals surface area contributed by atoms with E-state index in [9.17, 15) is 13.2 Å².